The van der Waals surface area contributed by atoms with Crippen molar-refractivity contribution in [3.63, 3.8) is 0 Å². The van der Waals surface area contributed by atoms with Crippen LogP contribution in [0.4, 0.5) is 0 Å². The first-order valence-electron chi connectivity index (χ1n) is 11.0. The molecule has 180 valence electrons. The zero-order valence-electron chi connectivity index (χ0n) is 19.1. The van der Waals surface area contributed by atoms with Crippen LogP contribution in [0.15, 0.2) is 48.0 Å². The second-order valence-corrected chi connectivity index (χ2v) is 8.48. The smallest absolute Gasteiger partial charge is 0.295 e. The third-order valence-corrected chi connectivity index (χ3v) is 6.45. The molecule has 1 amide bonds. The molecular formula is C25H27ClN2O6. The lowest BCUT2D eigenvalue weighted by Crippen LogP contribution is -2.42. The van der Waals surface area contributed by atoms with Crippen molar-refractivity contribution in [2.75, 3.05) is 53.6 Å². The summed E-state index contributed by atoms with van der Waals surface area (Å²) in [6, 6.07) is 11.1. The molecule has 9 heteroatoms. The molecule has 2 aliphatic rings. The SMILES string of the molecule is COc1ccc([C@@H]2C(=C(O)c3ccc(OC)c(Cl)c3)C(=O)C(=O)N2CCN2CCOCC2)cc1. The van der Waals surface area contributed by atoms with Gasteiger partial charge in [-0.2, -0.15) is 0 Å². The van der Waals surface area contributed by atoms with E-state index >= 15 is 0 Å². The number of morpholine rings is 1. The number of amides is 1. The maximum atomic E-state index is 13.2. The van der Waals surface area contributed by atoms with E-state index in [2.05, 4.69) is 4.90 Å². The van der Waals surface area contributed by atoms with Crippen LogP contribution in [0.5, 0.6) is 11.5 Å². The molecule has 1 N–H and O–H groups in total. The zero-order chi connectivity index (χ0) is 24.2. The first-order valence-corrected chi connectivity index (χ1v) is 11.4. The number of ether oxygens (including phenoxy) is 3. The second kappa shape index (κ2) is 10.5. The lowest BCUT2D eigenvalue weighted by Gasteiger charge is -2.31. The highest BCUT2D eigenvalue weighted by molar-refractivity contribution is 6.46. The van der Waals surface area contributed by atoms with E-state index < -0.39 is 17.7 Å². The molecule has 4 rings (SSSR count). The van der Waals surface area contributed by atoms with E-state index in [1.165, 1.54) is 18.1 Å². The Balaban J connectivity index is 1.74. The summed E-state index contributed by atoms with van der Waals surface area (Å²) in [6.45, 7) is 3.74. The minimum Gasteiger partial charge on any atom is -0.507 e. The number of aliphatic hydroxyl groups excluding tert-OH is 1. The molecule has 0 bridgehead atoms. The number of carbonyl (C=O) groups excluding carboxylic acids is 2. The highest BCUT2D eigenvalue weighted by Crippen LogP contribution is 2.40. The Kier molecular flexibility index (Phi) is 7.41. The van der Waals surface area contributed by atoms with Gasteiger partial charge in [0.25, 0.3) is 11.7 Å². The summed E-state index contributed by atoms with van der Waals surface area (Å²) in [5.41, 5.74) is 1.05. The Morgan fingerprint density at radius 3 is 2.38 bits per heavy atom. The fourth-order valence-corrected chi connectivity index (χ4v) is 4.54. The van der Waals surface area contributed by atoms with Gasteiger partial charge in [0.15, 0.2) is 0 Å². The Morgan fingerprint density at radius 1 is 1.06 bits per heavy atom. The van der Waals surface area contributed by atoms with E-state index in [0.29, 0.717) is 48.9 Å². The fourth-order valence-electron chi connectivity index (χ4n) is 4.29. The molecule has 2 heterocycles. The number of methoxy groups -OCH3 is 2. The molecule has 0 saturated carbocycles. The molecule has 0 radical (unpaired) electrons. The largest absolute Gasteiger partial charge is 0.507 e. The third-order valence-electron chi connectivity index (χ3n) is 6.16. The van der Waals surface area contributed by atoms with Crippen LogP contribution in [0.1, 0.15) is 17.2 Å². The lowest BCUT2D eigenvalue weighted by molar-refractivity contribution is -0.140. The van der Waals surface area contributed by atoms with Gasteiger partial charge in [-0.1, -0.05) is 23.7 Å². The van der Waals surface area contributed by atoms with Gasteiger partial charge in [-0.15, -0.1) is 0 Å². The molecule has 34 heavy (non-hydrogen) atoms. The van der Waals surface area contributed by atoms with Crippen molar-refractivity contribution in [2.45, 2.75) is 6.04 Å². The normalized spacial score (nSPS) is 20.6. The number of hydrogen-bond acceptors (Lipinski definition) is 7. The highest BCUT2D eigenvalue weighted by atomic mass is 35.5. The molecule has 2 fully saturated rings. The quantitative estimate of drug-likeness (QED) is 0.365. The summed E-state index contributed by atoms with van der Waals surface area (Å²) < 4.78 is 15.8. The predicted octanol–water partition coefficient (Wildman–Crippen LogP) is 3.11. The fraction of sp³-hybridized carbons (Fsp3) is 0.360. The standard InChI is InChI=1S/C25H27ClN2O6/c1-32-18-6-3-16(4-7-18)22-21(23(29)17-5-8-20(33-2)19(26)15-17)24(30)25(31)28(22)10-9-27-11-13-34-14-12-27/h3-8,15,22,29H,9-14H2,1-2H3/t22-/m1/s1. The van der Waals surface area contributed by atoms with Gasteiger partial charge < -0.3 is 24.2 Å². The molecule has 2 aromatic carbocycles. The number of rotatable bonds is 7. The number of ketones is 1. The number of likely N-dealkylation sites (tertiary alicyclic amines) is 1. The van der Waals surface area contributed by atoms with Crippen molar-refractivity contribution in [3.8, 4) is 11.5 Å². The molecule has 0 aliphatic carbocycles. The summed E-state index contributed by atoms with van der Waals surface area (Å²) in [5, 5.41) is 11.5. The minimum absolute atomic E-state index is 0.0263. The van der Waals surface area contributed by atoms with E-state index in [0.717, 1.165) is 13.1 Å². The number of nitrogens with zero attached hydrogens (tertiary/aromatic N) is 2. The van der Waals surface area contributed by atoms with Crippen LogP contribution in [0.25, 0.3) is 5.76 Å². The van der Waals surface area contributed by atoms with Crippen molar-refractivity contribution in [3.05, 3.63) is 64.2 Å². The first-order chi connectivity index (χ1) is 16.4. The summed E-state index contributed by atoms with van der Waals surface area (Å²) in [5.74, 6) is -0.563. The zero-order valence-corrected chi connectivity index (χ0v) is 19.9. The maximum absolute atomic E-state index is 13.2. The van der Waals surface area contributed by atoms with Crippen LogP contribution in [0.3, 0.4) is 0 Å². The van der Waals surface area contributed by atoms with Crippen LogP contribution >= 0.6 is 11.6 Å². The number of hydrogen-bond donors (Lipinski definition) is 1. The highest BCUT2D eigenvalue weighted by Gasteiger charge is 2.46. The summed E-state index contributed by atoms with van der Waals surface area (Å²) >= 11 is 6.25. The summed E-state index contributed by atoms with van der Waals surface area (Å²) in [6.07, 6.45) is 0. The molecule has 1 atom stereocenters. The van der Waals surface area contributed by atoms with E-state index in [1.807, 2.05) is 0 Å². The minimum atomic E-state index is -0.743. The Hall–Kier alpha value is -3.07. The van der Waals surface area contributed by atoms with Crippen LogP contribution in [-0.2, 0) is 14.3 Å². The van der Waals surface area contributed by atoms with Gasteiger partial charge in [-0.3, -0.25) is 14.5 Å². The molecule has 2 saturated heterocycles. The number of Topliss-reactive ketones (excluding diaryl/α,β-unsaturated/α-hetero) is 1. The third kappa shape index (κ3) is 4.75. The van der Waals surface area contributed by atoms with Crippen molar-refractivity contribution < 1.29 is 28.9 Å². The Labute approximate surface area is 203 Å². The van der Waals surface area contributed by atoms with Gasteiger partial charge in [0, 0.05) is 31.7 Å². The van der Waals surface area contributed by atoms with E-state index in [4.69, 9.17) is 25.8 Å². The van der Waals surface area contributed by atoms with Crippen molar-refractivity contribution >= 4 is 29.1 Å². The molecule has 2 aromatic rings. The summed E-state index contributed by atoms with van der Waals surface area (Å²) in [4.78, 5) is 30.0. The Bertz CT molecular complexity index is 1100. The van der Waals surface area contributed by atoms with Crippen LogP contribution in [-0.4, -0.2) is 80.2 Å². The molecule has 2 aliphatic heterocycles. The number of aliphatic hydroxyl groups is 1. The maximum Gasteiger partial charge on any atom is 0.295 e. The van der Waals surface area contributed by atoms with Gasteiger partial charge in [0.05, 0.1) is 44.1 Å². The van der Waals surface area contributed by atoms with E-state index in [-0.39, 0.29) is 16.4 Å². The molecule has 0 aromatic heterocycles. The molecule has 0 spiro atoms. The average Bonchev–Trinajstić information content (AvgIpc) is 3.12. The first kappa shape index (κ1) is 24.1. The van der Waals surface area contributed by atoms with Crippen LogP contribution in [0.2, 0.25) is 5.02 Å². The second-order valence-electron chi connectivity index (χ2n) is 8.07. The van der Waals surface area contributed by atoms with Crippen molar-refractivity contribution in [2.24, 2.45) is 0 Å². The lowest BCUT2D eigenvalue weighted by atomic mass is 9.95. The van der Waals surface area contributed by atoms with Crippen molar-refractivity contribution in [1.82, 2.24) is 9.80 Å². The Morgan fingerprint density at radius 2 is 1.76 bits per heavy atom. The van der Waals surface area contributed by atoms with Gasteiger partial charge in [0.2, 0.25) is 0 Å². The topological polar surface area (TPSA) is 88.5 Å². The molecular weight excluding hydrogens is 460 g/mol. The van der Waals surface area contributed by atoms with Gasteiger partial charge in [-0.25, -0.2) is 0 Å². The summed E-state index contributed by atoms with van der Waals surface area (Å²) in [7, 11) is 3.06. The van der Waals surface area contributed by atoms with Gasteiger partial charge >= 0.3 is 0 Å². The van der Waals surface area contributed by atoms with E-state index in [9.17, 15) is 14.7 Å². The molecule has 0 unspecified atom stereocenters. The van der Waals surface area contributed by atoms with Gasteiger partial charge in [-0.05, 0) is 35.9 Å². The van der Waals surface area contributed by atoms with Crippen LogP contribution < -0.4 is 9.47 Å². The predicted molar refractivity (Wildman–Crippen MR) is 127 cm³/mol. The average molecular weight is 487 g/mol. The van der Waals surface area contributed by atoms with Gasteiger partial charge in [0.1, 0.15) is 17.3 Å². The van der Waals surface area contributed by atoms with E-state index in [1.54, 1.807) is 43.5 Å². The number of carbonyl (C=O) groups is 2. The van der Waals surface area contributed by atoms with Crippen LogP contribution in [0, 0.1) is 0 Å². The monoisotopic (exact) mass is 486 g/mol. The van der Waals surface area contributed by atoms with Crippen molar-refractivity contribution in [1.29, 1.82) is 0 Å². The number of halogens is 1. The number of benzene rings is 2. The molecule has 8 nitrogen and oxygen atoms in total.